The van der Waals surface area contributed by atoms with Crippen molar-refractivity contribution in [1.29, 1.82) is 0 Å². The van der Waals surface area contributed by atoms with E-state index in [2.05, 4.69) is 10.6 Å². The molecule has 0 bridgehead atoms. The van der Waals surface area contributed by atoms with Crippen molar-refractivity contribution in [2.24, 2.45) is 0 Å². The number of para-hydroxylation sites is 1. The minimum atomic E-state index is -4.76. The van der Waals surface area contributed by atoms with Crippen LogP contribution in [0.4, 0.5) is 23.7 Å². The fourth-order valence-electron chi connectivity index (χ4n) is 3.35. The van der Waals surface area contributed by atoms with Crippen LogP contribution in [0.25, 0.3) is 0 Å². The molecule has 0 aliphatic carbocycles. The Morgan fingerprint density at radius 1 is 1.13 bits per heavy atom. The van der Waals surface area contributed by atoms with Crippen molar-refractivity contribution in [3.8, 4) is 0 Å². The third-order valence-corrected chi connectivity index (χ3v) is 5.50. The Morgan fingerprint density at radius 3 is 2.35 bits per heavy atom. The summed E-state index contributed by atoms with van der Waals surface area (Å²) in [5.41, 5.74) is -2.74. The van der Waals surface area contributed by atoms with Crippen molar-refractivity contribution in [3.63, 3.8) is 0 Å². The average Bonchev–Trinajstić information content (AvgIpc) is 2.94. The number of anilines is 1. The van der Waals surface area contributed by atoms with E-state index < -0.39 is 47.4 Å². The summed E-state index contributed by atoms with van der Waals surface area (Å²) in [6, 6.07) is 8.46. The van der Waals surface area contributed by atoms with Gasteiger partial charge in [0.25, 0.3) is 5.91 Å². The average molecular weight is 474 g/mol. The van der Waals surface area contributed by atoms with Crippen molar-refractivity contribution in [1.82, 2.24) is 10.2 Å². The molecule has 1 aliphatic rings. The van der Waals surface area contributed by atoms with Gasteiger partial charge in [-0.3, -0.25) is 14.5 Å². The second-order valence-electron chi connectivity index (χ2n) is 6.80. The van der Waals surface area contributed by atoms with Gasteiger partial charge in [0.1, 0.15) is 12.1 Å². The highest BCUT2D eigenvalue weighted by Crippen LogP contribution is 2.38. The van der Waals surface area contributed by atoms with Gasteiger partial charge in [0.05, 0.1) is 16.3 Å². The summed E-state index contributed by atoms with van der Waals surface area (Å²) in [5.74, 6) is -1.71. The molecule has 0 spiro atoms. The molecule has 2 aromatic rings. The van der Waals surface area contributed by atoms with Crippen LogP contribution in [0.5, 0.6) is 0 Å². The molecule has 3 rings (SSSR count). The summed E-state index contributed by atoms with van der Waals surface area (Å²) in [6.45, 7) is 0.887. The maximum atomic E-state index is 13.2. The summed E-state index contributed by atoms with van der Waals surface area (Å²) in [4.78, 5) is 38.6. The summed E-state index contributed by atoms with van der Waals surface area (Å²) in [5, 5.41) is 4.75. The Hall–Kier alpha value is -2.78. The van der Waals surface area contributed by atoms with Gasteiger partial charge >= 0.3 is 12.2 Å². The first kappa shape index (κ1) is 22.9. The number of alkyl halides is 3. The minimum Gasteiger partial charge on any atom is -0.323 e. The standard InChI is InChI=1S/C20H16Cl2F3N3O3/c1-2-19(11-6-8-12(21)9-7-11)17(30)28(18(31)27-19)10-15(29)26-16-13(20(23,24)25)4-3-5-14(16)22/h3-9H,2,10H2,1H3,(H,26,29)(H,27,31). The molecule has 11 heteroatoms. The lowest BCUT2D eigenvalue weighted by atomic mass is 9.87. The Balaban J connectivity index is 1.84. The fraction of sp³-hybridized carbons (Fsp3) is 0.250. The number of rotatable bonds is 5. The molecule has 0 radical (unpaired) electrons. The largest absolute Gasteiger partial charge is 0.418 e. The lowest BCUT2D eigenvalue weighted by Gasteiger charge is -2.25. The molecule has 31 heavy (non-hydrogen) atoms. The first-order valence-corrected chi connectivity index (χ1v) is 9.81. The molecule has 0 aromatic heterocycles. The first-order valence-electron chi connectivity index (χ1n) is 9.05. The summed E-state index contributed by atoms with van der Waals surface area (Å²) in [7, 11) is 0. The lowest BCUT2D eigenvalue weighted by Crippen LogP contribution is -2.44. The van der Waals surface area contributed by atoms with Crippen molar-refractivity contribution >= 4 is 46.7 Å². The van der Waals surface area contributed by atoms with Crippen molar-refractivity contribution in [2.75, 3.05) is 11.9 Å². The van der Waals surface area contributed by atoms with Gasteiger partial charge in [-0.25, -0.2) is 4.79 Å². The zero-order chi connectivity index (χ0) is 23.0. The molecule has 1 atom stereocenters. The summed E-state index contributed by atoms with van der Waals surface area (Å²) >= 11 is 11.7. The van der Waals surface area contributed by atoms with E-state index >= 15 is 0 Å². The highest BCUT2D eigenvalue weighted by atomic mass is 35.5. The van der Waals surface area contributed by atoms with Crippen LogP contribution in [0.3, 0.4) is 0 Å². The molecule has 1 fully saturated rings. The van der Waals surface area contributed by atoms with E-state index in [9.17, 15) is 27.6 Å². The van der Waals surface area contributed by atoms with E-state index in [1.165, 1.54) is 6.07 Å². The molecule has 2 aromatic carbocycles. The van der Waals surface area contributed by atoms with Crippen molar-refractivity contribution < 1.29 is 27.6 Å². The molecule has 6 nitrogen and oxygen atoms in total. The van der Waals surface area contributed by atoms with Crippen molar-refractivity contribution in [3.05, 3.63) is 63.6 Å². The van der Waals surface area contributed by atoms with Crippen LogP contribution in [-0.4, -0.2) is 29.3 Å². The quantitative estimate of drug-likeness (QED) is 0.611. The number of imide groups is 1. The van der Waals surface area contributed by atoms with Gasteiger partial charge in [-0.2, -0.15) is 13.2 Å². The van der Waals surface area contributed by atoms with Gasteiger partial charge in [-0.15, -0.1) is 0 Å². The third kappa shape index (κ3) is 4.33. The molecular formula is C20H16Cl2F3N3O3. The third-order valence-electron chi connectivity index (χ3n) is 4.93. The van der Waals surface area contributed by atoms with Gasteiger partial charge in [-0.1, -0.05) is 48.3 Å². The van der Waals surface area contributed by atoms with E-state index in [0.717, 1.165) is 12.1 Å². The second kappa shape index (κ2) is 8.39. The van der Waals surface area contributed by atoms with Crippen LogP contribution in [0, 0.1) is 0 Å². The molecule has 4 amide bonds. The number of nitrogens with one attached hydrogen (secondary N) is 2. The van der Waals surface area contributed by atoms with Gasteiger partial charge in [0.15, 0.2) is 0 Å². The van der Waals surface area contributed by atoms with Gasteiger partial charge in [0.2, 0.25) is 5.91 Å². The Morgan fingerprint density at radius 2 is 1.77 bits per heavy atom. The number of nitrogens with zero attached hydrogens (tertiary/aromatic N) is 1. The molecule has 0 saturated carbocycles. The predicted molar refractivity (Wildman–Crippen MR) is 109 cm³/mol. The molecule has 1 heterocycles. The van der Waals surface area contributed by atoms with E-state index in [0.29, 0.717) is 15.5 Å². The Labute approximate surface area is 185 Å². The summed E-state index contributed by atoms with van der Waals surface area (Å²) < 4.78 is 39.7. The van der Waals surface area contributed by atoms with E-state index in [4.69, 9.17) is 23.2 Å². The number of benzene rings is 2. The second-order valence-corrected chi connectivity index (χ2v) is 7.64. The monoisotopic (exact) mass is 473 g/mol. The number of carbonyl (C=O) groups excluding carboxylic acids is 3. The SMILES string of the molecule is CCC1(c2ccc(Cl)cc2)NC(=O)N(CC(=O)Nc2c(Cl)cccc2C(F)(F)F)C1=O. The van der Waals surface area contributed by atoms with Crippen LogP contribution in [0.1, 0.15) is 24.5 Å². The fourth-order valence-corrected chi connectivity index (χ4v) is 3.70. The topological polar surface area (TPSA) is 78.5 Å². The van der Waals surface area contributed by atoms with E-state index in [-0.39, 0.29) is 11.4 Å². The Bertz CT molecular complexity index is 1040. The van der Waals surface area contributed by atoms with E-state index in [1.807, 2.05) is 0 Å². The smallest absolute Gasteiger partial charge is 0.323 e. The zero-order valence-electron chi connectivity index (χ0n) is 16.0. The summed E-state index contributed by atoms with van der Waals surface area (Å²) in [6.07, 6.45) is -4.58. The molecule has 2 N–H and O–H groups in total. The number of carbonyl (C=O) groups is 3. The van der Waals surface area contributed by atoms with Crippen molar-refractivity contribution in [2.45, 2.75) is 25.1 Å². The molecule has 1 aliphatic heterocycles. The van der Waals surface area contributed by atoms with Crippen LogP contribution < -0.4 is 10.6 Å². The molecule has 1 unspecified atom stereocenters. The van der Waals surface area contributed by atoms with Gasteiger partial charge in [0, 0.05) is 5.02 Å². The van der Waals surface area contributed by atoms with Gasteiger partial charge in [-0.05, 0) is 36.2 Å². The molecule has 1 saturated heterocycles. The van der Waals surface area contributed by atoms with Crippen LogP contribution in [0.15, 0.2) is 42.5 Å². The number of halogens is 5. The number of urea groups is 1. The normalized spacial score (nSPS) is 18.8. The predicted octanol–water partition coefficient (Wildman–Crippen LogP) is 4.81. The molecule has 164 valence electrons. The maximum absolute atomic E-state index is 13.2. The number of amides is 4. The number of hydrogen-bond donors (Lipinski definition) is 2. The highest BCUT2D eigenvalue weighted by molar-refractivity contribution is 6.34. The minimum absolute atomic E-state index is 0.181. The Kier molecular flexibility index (Phi) is 6.20. The zero-order valence-corrected chi connectivity index (χ0v) is 17.5. The van der Waals surface area contributed by atoms with Crippen LogP contribution in [-0.2, 0) is 21.3 Å². The number of hydrogen-bond acceptors (Lipinski definition) is 3. The molecular weight excluding hydrogens is 458 g/mol. The lowest BCUT2D eigenvalue weighted by molar-refractivity contribution is -0.137. The van der Waals surface area contributed by atoms with Gasteiger partial charge < -0.3 is 10.6 Å². The van der Waals surface area contributed by atoms with E-state index in [1.54, 1.807) is 31.2 Å². The van der Waals surface area contributed by atoms with Crippen LogP contribution >= 0.6 is 23.2 Å². The highest BCUT2D eigenvalue weighted by Gasteiger charge is 2.51. The first-order chi connectivity index (χ1) is 14.5. The van der Waals surface area contributed by atoms with Crippen LogP contribution in [0.2, 0.25) is 10.0 Å². The maximum Gasteiger partial charge on any atom is 0.418 e.